The van der Waals surface area contributed by atoms with E-state index in [1.807, 2.05) is 0 Å². The van der Waals surface area contributed by atoms with Gasteiger partial charge in [0.25, 0.3) is 0 Å². The standard InChI is InChI=1S/C6H11NO2P/c1-2-6-10(8)9-5-3-4-7/h1H,3-7H2/q+1. The Hall–Kier alpha value is -0.420. The third-order valence-electron chi connectivity index (χ3n) is 0.804. The lowest BCUT2D eigenvalue weighted by Gasteiger charge is -1.86. The zero-order valence-corrected chi connectivity index (χ0v) is 6.64. The van der Waals surface area contributed by atoms with Gasteiger partial charge in [0, 0.05) is 0 Å². The summed E-state index contributed by atoms with van der Waals surface area (Å²) in [6.07, 6.45) is 5.82. The first-order chi connectivity index (χ1) is 4.81. The van der Waals surface area contributed by atoms with Crippen molar-refractivity contribution in [1.29, 1.82) is 0 Å². The van der Waals surface area contributed by atoms with Crippen molar-refractivity contribution >= 4 is 8.03 Å². The highest BCUT2D eigenvalue weighted by molar-refractivity contribution is 7.39. The summed E-state index contributed by atoms with van der Waals surface area (Å²) >= 11 is 0. The van der Waals surface area contributed by atoms with Crippen molar-refractivity contribution in [1.82, 2.24) is 0 Å². The monoisotopic (exact) mass is 160 g/mol. The fourth-order valence-electron chi connectivity index (χ4n) is 0.370. The van der Waals surface area contributed by atoms with E-state index in [2.05, 4.69) is 5.92 Å². The van der Waals surface area contributed by atoms with E-state index in [4.69, 9.17) is 16.7 Å². The first-order valence-electron chi connectivity index (χ1n) is 3.02. The van der Waals surface area contributed by atoms with Gasteiger partial charge in [0.1, 0.15) is 6.61 Å². The molecule has 0 amide bonds. The Morgan fingerprint density at radius 3 is 2.90 bits per heavy atom. The number of nitrogens with two attached hydrogens (primary N) is 1. The Labute approximate surface area is 61.8 Å². The van der Waals surface area contributed by atoms with Crippen LogP contribution in [0.25, 0.3) is 0 Å². The SMILES string of the molecule is C#CC[P+](=O)OCCCN. The van der Waals surface area contributed by atoms with Gasteiger partial charge in [-0.3, -0.25) is 0 Å². The van der Waals surface area contributed by atoms with Gasteiger partial charge in [0.05, 0.1) is 0 Å². The van der Waals surface area contributed by atoms with E-state index < -0.39 is 8.03 Å². The molecule has 0 spiro atoms. The molecule has 0 bridgehead atoms. The second-order valence-electron chi connectivity index (χ2n) is 1.67. The predicted octanol–water partition coefficient (Wildman–Crippen LogP) is 0.727. The molecule has 0 aliphatic rings. The summed E-state index contributed by atoms with van der Waals surface area (Å²) in [7, 11) is -1.63. The summed E-state index contributed by atoms with van der Waals surface area (Å²) in [5, 5.41) is 0. The van der Waals surface area contributed by atoms with Gasteiger partial charge in [-0.1, -0.05) is 5.92 Å². The van der Waals surface area contributed by atoms with Gasteiger partial charge in [0.2, 0.25) is 6.16 Å². The Morgan fingerprint density at radius 2 is 2.40 bits per heavy atom. The second kappa shape index (κ2) is 6.70. The van der Waals surface area contributed by atoms with Crippen LogP contribution in [0.2, 0.25) is 0 Å². The smallest absolute Gasteiger partial charge is 0.330 e. The van der Waals surface area contributed by atoms with Crippen LogP contribution in [0.5, 0.6) is 0 Å². The van der Waals surface area contributed by atoms with Crippen LogP contribution in [-0.4, -0.2) is 19.3 Å². The lowest BCUT2D eigenvalue weighted by atomic mass is 10.5. The number of hydrogen-bond donors (Lipinski definition) is 1. The minimum Gasteiger partial charge on any atom is -0.330 e. The van der Waals surface area contributed by atoms with Crippen LogP contribution in [0, 0.1) is 12.3 Å². The number of terminal acetylenes is 1. The molecular weight excluding hydrogens is 149 g/mol. The van der Waals surface area contributed by atoms with Crippen molar-refractivity contribution in [2.45, 2.75) is 6.42 Å². The molecule has 1 atom stereocenters. The average Bonchev–Trinajstić information content (AvgIpc) is 1.89. The highest BCUT2D eigenvalue weighted by Gasteiger charge is 2.13. The van der Waals surface area contributed by atoms with E-state index in [9.17, 15) is 4.57 Å². The van der Waals surface area contributed by atoms with E-state index >= 15 is 0 Å². The average molecular weight is 160 g/mol. The van der Waals surface area contributed by atoms with Crippen LogP contribution in [0.1, 0.15) is 6.42 Å². The normalized spacial score (nSPS) is 10.6. The van der Waals surface area contributed by atoms with Crippen molar-refractivity contribution in [3.05, 3.63) is 0 Å². The van der Waals surface area contributed by atoms with E-state index in [1.54, 1.807) is 0 Å². The van der Waals surface area contributed by atoms with Crippen LogP contribution in [-0.2, 0) is 9.09 Å². The first-order valence-corrected chi connectivity index (χ1v) is 4.38. The molecule has 56 valence electrons. The molecule has 0 heterocycles. The molecule has 1 unspecified atom stereocenters. The van der Waals surface area contributed by atoms with Crippen molar-refractivity contribution in [2.24, 2.45) is 5.73 Å². The van der Waals surface area contributed by atoms with Crippen molar-refractivity contribution in [3.8, 4) is 12.3 Å². The molecule has 0 aliphatic heterocycles. The first kappa shape index (κ1) is 9.58. The van der Waals surface area contributed by atoms with Gasteiger partial charge in [-0.25, -0.2) is 0 Å². The summed E-state index contributed by atoms with van der Waals surface area (Å²) in [5.41, 5.74) is 5.17. The fourth-order valence-corrected chi connectivity index (χ4v) is 0.943. The highest BCUT2D eigenvalue weighted by Crippen LogP contribution is 2.20. The van der Waals surface area contributed by atoms with Gasteiger partial charge < -0.3 is 5.73 Å². The Morgan fingerprint density at radius 1 is 1.70 bits per heavy atom. The molecule has 0 aliphatic carbocycles. The molecule has 0 rings (SSSR count). The molecule has 0 saturated carbocycles. The fraction of sp³-hybridized carbons (Fsp3) is 0.667. The zero-order valence-electron chi connectivity index (χ0n) is 5.75. The van der Waals surface area contributed by atoms with Gasteiger partial charge >= 0.3 is 8.03 Å². The Bertz CT molecular complexity index is 141. The van der Waals surface area contributed by atoms with Gasteiger partial charge in [-0.2, -0.15) is 0 Å². The maximum absolute atomic E-state index is 10.7. The predicted molar refractivity (Wildman–Crippen MR) is 40.9 cm³/mol. The van der Waals surface area contributed by atoms with E-state index in [0.29, 0.717) is 13.2 Å². The summed E-state index contributed by atoms with van der Waals surface area (Å²) in [5.74, 6) is 2.25. The molecule has 2 N–H and O–H groups in total. The molecule has 0 aromatic carbocycles. The van der Waals surface area contributed by atoms with Gasteiger partial charge in [0.15, 0.2) is 0 Å². The van der Waals surface area contributed by atoms with Crippen molar-refractivity contribution < 1.29 is 9.09 Å². The molecule has 4 heteroatoms. The van der Waals surface area contributed by atoms with E-state index in [-0.39, 0.29) is 6.16 Å². The topological polar surface area (TPSA) is 52.3 Å². The molecule has 0 saturated heterocycles. The molecule has 0 aromatic rings. The Kier molecular flexibility index (Phi) is 6.42. The maximum Gasteiger partial charge on any atom is 0.521 e. The number of hydrogen-bond acceptors (Lipinski definition) is 3. The highest BCUT2D eigenvalue weighted by atomic mass is 31.1. The van der Waals surface area contributed by atoms with Gasteiger partial charge in [-0.05, 0) is 17.5 Å². The van der Waals surface area contributed by atoms with Crippen LogP contribution < -0.4 is 5.73 Å². The minimum absolute atomic E-state index is 0.194. The minimum atomic E-state index is -1.63. The van der Waals surface area contributed by atoms with Crippen LogP contribution >= 0.6 is 8.03 Å². The van der Waals surface area contributed by atoms with Crippen LogP contribution in [0.3, 0.4) is 0 Å². The van der Waals surface area contributed by atoms with E-state index in [0.717, 1.165) is 6.42 Å². The van der Waals surface area contributed by atoms with Crippen molar-refractivity contribution in [3.63, 3.8) is 0 Å². The Balaban J connectivity index is 3.15. The molecular formula is C6H11NO2P+. The lowest BCUT2D eigenvalue weighted by Crippen LogP contribution is -2.01. The summed E-state index contributed by atoms with van der Waals surface area (Å²) in [4.78, 5) is 0. The van der Waals surface area contributed by atoms with Crippen LogP contribution in [0.15, 0.2) is 0 Å². The third-order valence-corrected chi connectivity index (χ3v) is 1.72. The second-order valence-corrected chi connectivity index (χ2v) is 2.91. The molecule has 0 aromatic heterocycles. The van der Waals surface area contributed by atoms with E-state index in [1.165, 1.54) is 0 Å². The lowest BCUT2D eigenvalue weighted by molar-refractivity contribution is 0.326. The largest absolute Gasteiger partial charge is 0.521 e. The zero-order chi connectivity index (χ0) is 7.82. The summed E-state index contributed by atoms with van der Waals surface area (Å²) in [6.45, 7) is 0.993. The van der Waals surface area contributed by atoms with Crippen LogP contribution in [0.4, 0.5) is 0 Å². The molecule has 10 heavy (non-hydrogen) atoms. The molecule has 0 radical (unpaired) electrons. The molecule has 3 nitrogen and oxygen atoms in total. The quantitative estimate of drug-likeness (QED) is 0.366. The summed E-state index contributed by atoms with van der Waals surface area (Å²) in [6, 6.07) is 0. The molecule has 0 fully saturated rings. The van der Waals surface area contributed by atoms with Gasteiger partial charge in [-0.15, -0.1) is 10.9 Å². The van der Waals surface area contributed by atoms with Crippen molar-refractivity contribution in [2.75, 3.05) is 19.3 Å². The number of rotatable bonds is 5. The maximum atomic E-state index is 10.7. The summed E-state index contributed by atoms with van der Waals surface area (Å²) < 4.78 is 15.5. The third kappa shape index (κ3) is 5.71.